The quantitative estimate of drug-likeness (QED) is 0.561. The van der Waals surface area contributed by atoms with E-state index in [1.54, 1.807) is 0 Å². The maximum absolute atomic E-state index is 13.2. The summed E-state index contributed by atoms with van der Waals surface area (Å²) in [5.41, 5.74) is 0. The summed E-state index contributed by atoms with van der Waals surface area (Å²) >= 11 is 0. The van der Waals surface area contributed by atoms with Crippen LogP contribution in [0.5, 0.6) is 0 Å². The Morgan fingerprint density at radius 1 is 1.27 bits per heavy atom. The Kier molecular flexibility index (Phi) is 1.88. The van der Waals surface area contributed by atoms with Crippen LogP contribution >= 0.6 is 0 Å². The molecular formula is C9H16FN. The van der Waals surface area contributed by atoms with Crippen molar-refractivity contribution in [3.8, 4) is 0 Å². The van der Waals surface area contributed by atoms with Gasteiger partial charge >= 0.3 is 0 Å². The van der Waals surface area contributed by atoms with E-state index in [-0.39, 0.29) is 0 Å². The molecule has 1 unspecified atom stereocenters. The van der Waals surface area contributed by atoms with Crippen LogP contribution in [0, 0.1) is 5.92 Å². The number of halogens is 1. The van der Waals surface area contributed by atoms with E-state index >= 15 is 0 Å². The minimum Gasteiger partial charge on any atom is -0.297 e. The van der Waals surface area contributed by atoms with E-state index in [4.69, 9.17) is 0 Å². The highest BCUT2D eigenvalue weighted by molar-refractivity contribution is 4.89. The smallest absolute Gasteiger partial charge is 0.115 e. The Hall–Kier alpha value is -0.110. The molecule has 0 aromatic heterocycles. The highest BCUT2D eigenvalue weighted by Crippen LogP contribution is 2.31. The van der Waals surface area contributed by atoms with Gasteiger partial charge in [-0.15, -0.1) is 0 Å². The first kappa shape index (κ1) is 7.53. The van der Waals surface area contributed by atoms with Crippen LogP contribution < -0.4 is 0 Å². The summed E-state index contributed by atoms with van der Waals surface area (Å²) in [5.74, 6) is 0.296. The third-order valence-corrected chi connectivity index (χ3v) is 2.96. The van der Waals surface area contributed by atoms with Crippen molar-refractivity contribution in [2.24, 2.45) is 5.92 Å². The molecule has 1 saturated carbocycles. The van der Waals surface area contributed by atoms with Crippen molar-refractivity contribution in [1.82, 2.24) is 4.90 Å². The average Bonchev–Trinajstić information content (AvgIpc) is 2.77. The zero-order valence-corrected chi connectivity index (χ0v) is 7.09. The van der Waals surface area contributed by atoms with Gasteiger partial charge in [0.2, 0.25) is 0 Å². The fraction of sp³-hybridized carbons (Fsp3) is 1.00. The molecule has 0 aromatic carbocycles. The summed E-state index contributed by atoms with van der Waals surface area (Å²) in [6.45, 7) is 3.85. The Balaban J connectivity index is 1.86. The second-order valence-corrected chi connectivity index (χ2v) is 4.01. The number of rotatable bonds is 1. The van der Waals surface area contributed by atoms with E-state index < -0.39 is 6.17 Å². The maximum atomic E-state index is 13.2. The molecule has 2 rings (SSSR count). The highest BCUT2D eigenvalue weighted by Gasteiger charge is 2.34. The Labute approximate surface area is 67.6 Å². The number of likely N-dealkylation sites (tertiary alicyclic amines) is 1. The second kappa shape index (κ2) is 2.74. The molecule has 0 radical (unpaired) electrons. The van der Waals surface area contributed by atoms with Gasteiger partial charge < -0.3 is 0 Å². The van der Waals surface area contributed by atoms with Crippen LogP contribution in [0.25, 0.3) is 0 Å². The average molecular weight is 157 g/mol. The molecule has 1 saturated heterocycles. The van der Waals surface area contributed by atoms with Crippen molar-refractivity contribution >= 4 is 0 Å². The monoisotopic (exact) mass is 157 g/mol. The summed E-state index contributed by atoms with van der Waals surface area (Å²) in [7, 11) is 0. The Morgan fingerprint density at radius 2 is 2.00 bits per heavy atom. The molecule has 0 amide bonds. The van der Waals surface area contributed by atoms with E-state index in [1.807, 2.05) is 6.92 Å². The number of hydrogen-bond donors (Lipinski definition) is 0. The molecule has 11 heavy (non-hydrogen) atoms. The lowest BCUT2D eigenvalue weighted by Crippen LogP contribution is -2.41. The minimum absolute atomic E-state index is 0.296. The predicted molar refractivity (Wildman–Crippen MR) is 43.3 cm³/mol. The van der Waals surface area contributed by atoms with Crippen molar-refractivity contribution in [2.45, 2.75) is 38.4 Å². The molecule has 0 bridgehead atoms. The first-order valence-corrected chi connectivity index (χ1v) is 4.65. The molecule has 1 nitrogen and oxygen atoms in total. The van der Waals surface area contributed by atoms with Gasteiger partial charge in [-0.2, -0.15) is 0 Å². The topological polar surface area (TPSA) is 3.24 Å². The van der Waals surface area contributed by atoms with E-state index in [0.29, 0.717) is 12.5 Å². The molecule has 2 heteroatoms. The molecule has 2 atom stereocenters. The number of nitrogens with zero attached hydrogens (tertiary/aromatic N) is 1. The van der Waals surface area contributed by atoms with E-state index in [2.05, 4.69) is 4.90 Å². The molecule has 0 spiro atoms. The van der Waals surface area contributed by atoms with E-state index in [1.165, 1.54) is 12.8 Å². The van der Waals surface area contributed by atoms with Crippen LogP contribution in [0.3, 0.4) is 0 Å². The lowest BCUT2D eigenvalue weighted by molar-refractivity contribution is 0.0882. The van der Waals surface area contributed by atoms with Crippen molar-refractivity contribution in [3.63, 3.8) is 0 Å². The highest BCUT2D eigenvalue weighted by atomic mass is 19.1. The summed E-state index contributed by atoms with van der Waals surface area (Å²) < 4.78 is 13.2. The molecule has 2 aliphatic rings. The van der Waals surface area contributed by atoms with Gasteiger partial charge in [0.1, 0.15) is 6.17 Å². The van der Waals surface area contributed by atoms with Crippen molar-refractivity contribution < 1.29 is 4.39 Å². The van der Waals surface area contributed by atoms with Crippen LogP contribution in [0.15, 0.2) is 0 Å². The van der Waals surface area contributed by atoms with Crippen LogP contribution in [0.1, 0.15) is 26.2 Å². The molecule has 64 valence electrons. The second-order valence-electron chi connectivity index (χ2n) is 4.01. The van der Waals surface area contributed by atoms with Gasteiger partial charge in [0.25, 0.3) is 0 Å². The van der Waals surface area contributed by atoms with Crippen LogP contribution in [0.4, 0.5) is 4.39 Å². The first-order chi connectivity index (χ1) is 5.27. The zero-order chi connectivity index (χ0) is 7.84. The molecule has 2 fully saturated rings. The summed E-state index contributed by atoms with van der Waals surface area (Å²) in [5, 5.41) is 0. The fourth-order valence-electron chi connectivity index (χ4n) is 1.82. The largest absolute Gasteiger partial charge is 0.297 e. The predicted octanol–water partition coefficient (Wildman–Crippen LogP) is 1.83. The third kappa shape index (κ3) is 1.56. The third-order valence-electron chi connectivity index (χ3n) is 2.96. The Bertz CT molecular complexity index is 144. The SMILES string of the molecule is CC1CCN(C2CC2)C[C@@H]1F. The molecule has 0 N–H and O–H groups in total. The van der Waals surface area contributed by atoms with Crippen molar-refractivity contribution in [2.75, 3.05) is 13.1 Å². The number of hydrogen-bond acceptors (Lipinski definition) is 1. The summed E-state index contributed by atoms with van der Waals surface area (Å²) in [6, 6.07) is 0.751. The van der Waals surface area contributed by atoms with E-state index in [0.717, 1.165) is 19.0 Å². The zero-order valence-electron chi connectivity index (χ0n) is 7.09. The molecule has 0 aromatic rings. The van der Waals surface area contributed by atoms with Gasteiger partial charge in [-0.3, -0.25) is 4.90 Å². The lowest BCUT2D eigenvalue weighted by atomic mass is 9.97. The van der Waals surface area contributed by atoms with Crippen LogP contribution in [-0.2, 0) is 0 Å². The van der Waals surface area contributed by atoms with Crippen LogP contribution in [0.2, 0.25) is 0 Å². The van der Waals surface area contributed by atoms with Crippen molar-refractivity contribution in [1.29, 1.82) is 0 Å². The molecule has 1 aliphatic carbocycles. The van der Waals surface area contributed by atoms with Gasteiger partial charge in [-0.1, -0.05) is 6.92 Å². The molecule has 1 heterocycles. The fourth-order valence-corrected chi connectivity index (χ4v) is 1.82. The molecule has 1 aliphatic heterocycles. The standard InChI is InChI=1S/C9H16FN/c1-7-4-5-11(6-9(7)10)8-2-3-8/h7-9H,2-6H2,1H3/t7?,9-/m0/s1. The van der Waals surface area contributed by atoms with E-state index in [9.17, 15) is 4.39 Å². The van der Waals surface area contributed by atoms with Gasteiger partial charge in [0.05, 0.1) is 0 Å². The normalized spacial score (nSPS) is 40.9. The van der Waals surface area contributed by atoms with Gasteiger partial charge in [-0.25, -0.2) is 4.39 Å². The number of alkyl halides is 1. The minimum atomic E-state index is -0.565. The van der Waals surface area contributed by atoms with Gasteiger partial charge in [-0.05, 0) is 31.7 Å². The van der Waals surface area contributed by atoms with Gasteiger partial charge in [0, 0.05) is 12.6 Å². The van der Waals surface area contributed by atoms with Gasteiger partial charge in [0.15, 0.2) is 0 Å². The molecular weight excluding hydrogens is 141 g/mol. The first-order valence-electron chi connectivity index (χ1n) is 4.65. The summed E-state index contributed by atoms with van der Waals surface area (Å²) in [6.07, 6.45) is 3.10. The lowest BCUT2D eigenvalue weighted by Gasteiger charge is -2.32. The van der Waals surface area contributed by atoms with Crippen LogP contribution in [-0.4, -0.2) is 30.2 Å². The van der Waals surface area contributed by atoms with Crippen molar-refractivity contribution in [3.05, 3.63) is 0 Å². The summed E-state index contributed by atoms with van der Waals surface area (Å²) in [4.78, 5) is 2.32. The number of piperidine rings is 1. The Morgan fingerprint density at radius 3 is 2.55 bits per heavy atom. The maximum Gasteiger partial charge on any atom is 0.115 e.